The van der Waals surface area contributed by atoms with Crippen LogP contribution in [0.5, 0.6) is 0 Å². The van der Waals surface area contributed by atoms with Crippen LogP contribution in [0.3, 0.4) is 0 Å². The Morgan fingerprint density at radius 2 is 2.29 bits per heavy atom. The van der Waals surface area contributed by atoms with Gasteiger partial charge in [0.05, 0.1) is 17.4 Å². The van der Waals surface area contributed by atoms with Gasteiger partial charge >= 0.3 is 0 Å². The molecule has 17 heavy (non-hydrogen) atoms. The van der Waals surface area contributed by atoms with E-state index in [9.17, 15) is 0 Å². The Bertz CT molecular complexity index is 397. The van der Waals surface area contributed by atoms with Crippen molar-refractivity contribution >= 4 is 0 Å². The van der Waals surface area contributed by atoms with Crippen molar-refractivity contribution < 1.29 is 0 Å². The van der Waals surface area contributed by atoms with Crippen molar-refractivity contribution in [2.24, 2.45) is 5.84 Å². The second-order valence-electron chi connectivity index (χ2n) is 3.91. The lowest BCUT2D eigenvalue weighted by Gasteiger charge is -2.15. The zero-order valence-electron chi connectivity index (χ0n) is 11.0. The third kappa shape index (κ3) is 3.58. The Hall–Kier alpha value is -1.31. The summed E-state index contributed by atoms with van der Waals surface area (Å²) in [4.78, 5) is 0. The molecule has 94 valence electrons. The molecule has 1 aromatic heterocycles. The Kier molecular flexibility index (Phi) is 5.75. The molecule has 0 aliphatic carbocycles. The Morgan fingerprint density at radius 1 is 1.53 bits per heavy atom. The third-order valence-electron chi connectivity index (χ3n) is 2.82. The molecule has 0 saturated carbocycles. The highest BCUT2D eigenvalue weighted by atomic mass is 15.3. The van der Waals surface area contributed by atoms with Gasteiger partial charge in [0, 0.05) is 13.0 Å². The van der Waals surface area contributed by atoms with Gasteiger partial charge in [-0.3, -0.25) is 16.0 Å². The highest BCUT2D eigenvalue weighted by Gasteiger charge is 2.15. The predicted octanol–water partition coefficient (Wildman–Crippen LogP) is 1.77. The topological polar surface area (TPSA) is 55.9 Å². The van der Waals surface area contributed by atoms with Crippen LogP contribution in [-0.2, 0) is 13.0 Å². The molecule has 0 aliphatic heterocycles. The number of nitrogens with two attached hydrogens (primary N) is 1. The van der Waals surface area contributed by atoms with Crippen LogP contribution in [0.2, 0.25) is 0 Å². The average molecular weight is 234 g/mol. The van der Waals surface area contributed by atoms with E-state index in [2.05, 4.69) is 42.3 Å². The highest BCUT2D eigenvalue weighted by Crippen LogP contribution is 2.19. The highest BCUT2D eigenvalue weighted by molar-refractivity contribution is 5.15. The second kappa shape index (κ2) is 7.10. The van der Waals surface area contributed by atoms with Crippen LogP contribution in [-0.4, -0.2) is 9.78 Å². The quantitative estimate of drug-likeness (QED) is 0.448. The summed E-state index contributed by atoms with van der Waals surface area (Å²) in [6.07, 6.45) is 2.71. The van der Waals surface area contributed by atoms with E-state index in [0.29, 0.717) is 0 Å². The summed E-state index contributed by atoms with van der Waals surface area (Å²) in [5.41, 5.74) is 5.13. The van der Waals surface area contributed by atoms with E-state index >= 15 is 0 Å². The molecule has 0 spiro atoms. The maximum atomic E-state index is 5.62. The lowest BCUT2D eigenvalue weighted by Crippen LogP contribution is -2.29. The van der Waals surface area contributed by atoms with Gasteiger partial charge in [0.15, 0.2) is 0 Å². The summed E-state index contributed by atoms with van der Waals surface area (Å²) >= 11 is 0. The Morgan fingerprint density at radius 3 is 2.82 bits per heavy atom. The minimum absolute atomic E-state index is 0.128. The number of rotatable bonds is 6. The van der Waals surface area contributed by atoms with Crippen molar-refractivity contribution in [1.29, 1.82) is 0 Å². The van der Waals surface area contributed by atoms with E-state index in [1.54, 1.807) is 0 Å². The van der Waals surface area contributed by atoms with Crippen molar-refractivity contribution in [3.8, 4) is 11.8 Å². The predicted molar refractivity (Wildman–Crippen MR) is 70.0 cm³/mol. The second-order valence-corrected chi connectivity index (χ2v) is 3.91. The summed E-state index contributed by atoms with van der Waals surface area (Å²) < 4.78 is 2.02. The minimum atomic E-state index is 0.128. The van der Waals surface area contributed by atoms with Crippen LogP contribution in [0.25, 0.3) is 0 Å². The van der Waals surface area contributed by atoms with E-state index in [1.165, 1.54) is 0 Å². The molecule has 0 aliphatic rings. The molecule has 0 aromatic carbocycles. The number of nitrogens with zero attached hydrogens (tertiary/aromatic N) is 2. The molecule has 3 N–H and O–H groups in total. The number of hydrazine groups is 1. The van der Waals surface area contributed by atoms with E-state index in [1.807, 2.05) is 11.6 Å². The molecule has 1 unspecified atom stereocenters. The first-order chi connectivity index (χ1) is 8.26. The van der Waals surface area contributed by atoms with Crippen LogP contribution in [0.15, 0.2) is 6.07 Å². The fourth-order valence-electron chi connectivity index (χ4n) is 1.85. The van der Waals surface area contributed by atoms with E-state index in [0.717, 1.165) is 37.2 Å². The standard InChI is InChI=1S/C13H22N4/c1-4-7-8-9-12(15-14)13-10-11(5-2)16-17(13)6-3/h10,12,15H,5-6,8-9,14H2,1-3H3. The summed E-state index contributed by atoms with van der Waals surface area (Å²) in [6.45, 7) is 6.93. The average Bonchev–Trinajstić information content (AvgIpc) is 2.78. The first kappa shape index (κ1) is 13.8. The minimum Gasteiger partial charge on any atom is -0.271 e. The molecule has 1 aromatic rings. The van der Waals surface area contributed by atoms with Gasteiger partial charge in [0.2, 0.25) is 0 Å². The van der Waals surface area contributed by atoms with E-state index in [4.69, 9.17) is 5.84 Å². The van der Waals surface area contributed by atoms with Crippen molar-refractivity contribution in [3.05, 3.63) is 17.5 Å². The number of hydrogen-bond donors (Lipinski definition) is 2. The number of nitrogens with one attached hydrogen (secondary N) is 1. The lowest BCUT2D eigenvalue weighted by atomic mass is 10.1. The van der Waals surface area contributed by atoms with Gasteiger partial charge in [0.1, 0.15) is 0 Å². The normalized spacial score (nSPS) is 12.0. The smallest absolute Gasteiger partial charge is 0.0638 e. The maximum Gasteiger partial charge on any atom is 0.0638 e. The largest absolute Gasteiger partial charge is 0.271 e. The summed E-state index contributed by atoms with van der Waals surface area (Å²) in [5.74, 6) is 11.6. The number of aromatic nitrogens is 2. The number of hydrogen-bond acceptors (Lipinski definition) is 3. The molecule has 0 radical (unpaired) electrons. The molecule has 4 nitrogen and oxygen atoms in total. The summed E-state index contributed by atoms with van der Waals surface area (Å²) in [5, 5.41) is 4.53. The SMILES string of the molecule is CC#CCCC(NN)c1cc(CC)nn1CC. The van der Waals surface area contributed by atoms with Crippen LogP contribution < -0.4 is 11.3 Å². The first-order valence-electron chi connectivity index (χ1n) is 6.19. The molecule has 0 bridgehead atoms. The zero-order chi connectivity index (χ0) is 12.7. The molecule has 0 saturated heterocycles. The zero-order valence-corrected chi connectivity index (χ0v) is 11.0. The van der Waals surface area contributed by atoms with Gasteiger partial charge in [-0.1, -0.05) is 6.92 Å². The third-order valence-corrected chi connectivity index (χ3v) is 2.82. The van der Waals surface area contributed by atoms with Gasteiger partial charge in [0.25, 0.3) is 0 Å². The molecule has 0 fully saturated rings. The van der Waals surface area contributed by atoms with Crippen molar-refractivity contribution in [3.63, 3.8) is 0 Å². The van der Waals surface area contributed by atoms with Gasteiger partial charge in [-0.2, -0.15) is 5.10 Å². The monoisotopic (exact) mass is 234 g/mol. The van der Waals surface area contributed by atoms with Gasteiger partial charge in [-0.05, 0) is 32.8 Å². The van der Waals surface area contributed by atoms with Crippen molar-refractivity contribution in [2.75, 3.05) is 0 Å². The van der Waals surface area contributed by atoms with Gasteiger partial charge < -0.3 is 0 Å². The van der Waals surface area contributed by atoms with Crippen LogP contribution in [0.1, 0.15) is 51.0 Å². The molecule has 0 amide bonds. The molecular weight excluding hydrogens is 212 g/mol. The van der Waals surface area contributed by atoms with E-state index < -0.39 is 0 Å². The maximum absolute atomic E-state index is 5.62. The van der Waals surface area contributed by atoms with Crippen molar-refractivity contribution in [1.82, 2.24) is 15.2 Å². The fourth-order valence-corrected chi connectivity index (χ4v) is 1.85. The van der Waals surface area contributed by atoms with Gasteiger partial charge in [-0.25, -0.2) is 0 Å². The summed E-state index contributed by atoms with van der Waals surface area (Å²) in [7, 11) is 0. The first-order valence-corrected chi connectivity index (χ1v) is 6.19. The van der Waals surface area contributed by atoms with Crippen LogP contribution in [0.4, 0.5) is 0 Å². The fraction of sp³-hybridized carbons (Fsp3) is 0.615. The molecular formula is C13H22N4. The Labute approximate surface area is 104 Å². The molecule has 1 rings (SSSR count). The van der Waals surface area contributed by atoms with Crippen molar-refractivity contribution in [2.45, 2.75) is 52.6 Å². The summed E-state index contributed by atoms with van der Waals surface area (Å²) in [6, 6.07) is 2.26. The molecule has 4 heteroatoms. The van der Waals surface area contributed by atoms with Crippen LogP contribution >= 0.6 is 0 Å². The lowest BCUT2D eigenvalue weighted by molar-refractivity contribution is 0.471. The Balaban J connectivity index is 2.84. The van der Waals surface area contributed by atoms with E-state index in [-0.39, 0.29) is 6.04 Å². The number of aryl methyl sites for hydroxylation is 2. The molecule has 1 heterocycles. The van der Waals surface area contributed by atoms with Gasteiger partial charge in [-0.15, -0.1) is 11.8 Å². The van der Waals surface area contributed by atoms with Crippen LogP contribution in [0, 0.1) is 11.8 Å². The molecule has 1 atom stereocenters.